The lowest BCUT2D eigenvalue weighted by Gasteiger charge is -2.19. The van der Waals surface area contributed by atoms with E-state index in [1.165, 1.54) is 32.4 Å². The van der Waals surface area contributed by atoms with Crippen molar-refractivity contribution in [2.45, 2.75) is 16.7 Å². The minimum atomic E-state index is -1.60. The first-order valence-electron chi connectivity index (χ1n) is 7.52. The SMILES string of the molecule is COc1cc([S@](=O)c2ccc(C)cc2)c(OC)c2c1C(=O)C=CC2=O. The molecule has 1 aliphatic rings. The summed E-state index contributed by atoms with van der Waals surface area (Å²) in [6, 6.07) is 8.71. The summed E-state index contributed by atoms with van der Waals surface area (Å²) in [6.45, 7) is 1.94. The minimum absolute atomic E-state index is 0.0878. The molecule has 0 aliphatic heterocycles. The first-order chi connectivity index (χ1) is 12.0. The van der Waals surface area contributed by atoms with Crippen LogP contribution in [0.25, 0.3) is 0 Å². The van der Waals surface area contributed by atoms with Crippen LogP contribution in [0.1, 0.15) is 26.3 Å². The first-order valence-corrected chi connectivity index (χ1v) is 8.67. The number of allylic oxidation sites excluding steroid dienone is 2. The lowest BCUT2D eigenvalue weighted by atomic mass is 9.93. The lowest BCUT2D eigenvalue weighted by molar-refractivity contribution is 0.0988. The summed E-state index contributed by atoms with van der Waals surface area (Å²) in [5.41, 5.74) is 1.27. The van der Waals surface area contributed by atoms with Gasteiger partial charge in [0, 0.05) is 11.0 Å². The fourth-order valence-corrected chi connectivity index (χ4v) is 3.91. The molecule has 0 fully saturated rings. The molecule has 128 valence electrons. The molecule has 0 aromatic heterocycles. The van der Waals surface area contributed by atoms with E-state index in [-0.39, 0.29) is 34.2 Å². The molecule has 6 heteroatoms. The third-order valence-electron chi connectivity index (χ3n) is 3.95. The van der Waals surface area contributed by atoms with Gasteiger partial charge in [-0.1, -0.05) is 17.7 Å². The van der Waals surface area contributed by atoms with Gasteiger partial charge in [-0.15, -0.1) is 0 Å². The number of ketones is 2. The second-order valence-electron chi connectivity index (χ2n) is 5.50. The Morgan fingerprint density at radius 2 is 1.48 bits per heavy atom. The van der Waals surface area contributed by atoms with Crippen molar-refractivity contribution in [3.63, 3.8) is 0 Å². The largest absolute Gasteiger partial charge is 0.496 e. The van der Waals surface area contributed by atoms with Crippen molar-refractivity contribution in [1.29, 1.82) is 0 Å². The van der Waals surface area contributed by atoms with Crippen molar-refractivity contribution in [3.05, 3.63) is 59.2 Å². The number of carbonyl (C=O) groups is 2. The maximum Gasteiger partial charge on any atom is 0.190 e. The Bertz CT molecular complexity index is 926. The Balaban J connectivity index is 2.26. The molecule has 0 bridgehead atoms. The zero-order valence-corrected chi connectivity index (χ0v) is 14.8. The fourth-order valence-electron chi connectivity index (χ4n) is 2.70. The van der Waals surface area contributed by atoms with Crippen molar-refractivity contribution in [2.75, 3.05) is 14.2 Å². The maximum atomic E-state index is 13.0. The molecular formula is C19H16O5S. The quantitative estimate of drug-likeness (QED) is 0.842. The van der Waals surface area contributed by atoms with Crippen LogP contribution in [0.4, 0.5) is 0 Å². The molecule has 0 radical (unpaired) electrons. The highest BCUT2D eigenvalue weighted by atomic mass is 32.2. The molecule has 0 saturated carbocycles. The van der Waals surface area contributed by atoms with E-state index in [0.29, 0.717) is 9.79 Å². The maximum absolute atomic E-state index is 13.0. The summed E-state index contributed by atoms with van der Waals surface area (Å²) in [7, 11) is 1.19. The molecule has 2 aromatic rings. The van der Waals surface area contributed by atoms with Crippen molar-refractivity contribution in [1.82, 2.24) is 0 Å². The number of ether oxygens (including phenoxy) is 2. The monoisotopic (exact) mass is 356 g/mol. The van der Waals surface area contributed by atoms with Gasteiger partial charge in [-0.3, -0.25) is 9.59 Å². The van der Waals surface area contributed by atoms with Crippen LogP contribution in [-0.2, 0) is 10.8 Å². The highest BCUT2D eigenvalue weighted by Gasteiger charge is 2.31. The summed E-state index contributed by atoms with van der Waals surface area (Å²) in [5.74, 6) is -0.392. The van der Waals surface area contributed by atoms with Gasteiger partial charge in [0.15, 0.2) is 11.6 Å². The number of rotatable bonds is 4. The van der Waals surface area contributed by atoms with E-state index < -0.39 is 10.8 Å². The second-order valence-corrected chi connectivity index (χ2v) is 6.95. The van der Waals surface area contributed by atoms with E-state index in [4.69, 9.17) is 9.47 Å². The smallest absolute Gasteiger partial charge is 0.190 e. The fraction of sp³-hybridized carbons (Fsp3) is 0.158. The molecule has 0 spiro atoms. The predicted molar refractivity (Wildman–Crippen MR) is 93.2 cm³/mol. The topological polar surface area (TPSA) is 69.7 Å². The molecule has 1 atom stereocenters. The zero-order chi connectivity index (χ0) is 18.1. The third-order valence-corrected chi connectivity index (χ3v) is 5.35. The van der Waals surface area contributed by atoms with Gasteiger partial charge in [-0.2, -0.15) is 0 Å². The van der Waals surface area contributed by atoms with Crippen molar-refractivity contribution >= 4 is 22.4 Å². The highest BCUT2D eigenvalue weighted by molar-refractivity contribution is 7.85. The van der Waals surface area contributed by atoms with Gasteiger partial charge in [0.05, 0.1) is 41.0 Å². The molecule has 25 heavy (non-hydrogen) atoms. The molecule has 1 aliphatic carbocycles. The van der Waals surface area contributed by atoms with Gasteiger partial charge in [0.1, 0.15) is 11.5 Å². The van der Waals surface area contributed by atoms with Crippen molar-refractivity contribution in [3.8, 4) is 11.5 Å². The van der Waals surface area contributed by atoms with Crippen LogP contribution in [0.2, 0.25) is 0 Å². The summed E-state index contributed by atoms with van der Waals surface area (Å²) < 4.78 is 23.7. The van der Waals surface area contributed by atoms with Gasteiger partial charge >= 0.3 is 0 Å². The van der Waals surface area contributed by atoms with Crippen LogP contribution in [-0.4, -0.2) is 30.0 Å². The standard InChI is InChI=1S/C19H16O5S/c1-11-4-6-12(7-5-11)25(22)16-10-15(23-2)17-13(20)8-9-14(21)18(17)19(16)24-3/h4-10H,1-3H3/t25-/m1/s1. The van der Waals surface area contributed by atoms with E-state index in [2.05, 4.69) is 0 Å². The molecule has 0 amide bonds. The summed E-state index contributed by atoms with van der Waals surface area (Å²) >= 11 is 0. The lowest BCUT2D eigenvalue weighted by Crippen LogP contribution is -2.16. The Morgan fingerprint density at radius 3 is 2.04 bits per heavy atom. The summed E-state index contributed by atoms with van der Waals surface area (Å²) in [6.07, 6.45) is 2.38. The van der Waals surface area contributed by atoms with Crippen LogP contribution in [0.5, 0.6) is 11.5 Å². The van der Waals surface area contributed by atoms with Crippen molar-refractivity contribution < 1.29 is 23.3 Å². The van der Waals surface area contributed by atoms with E-state index in [1.807, 2.05) is 19.1 Å². The van der Waals surface area contributed by atoms with Gasteiger partial charge in [-0.05, 0) is 31.2 Å². The van der Waals surface area contributed by atoms with Crippen LogP contribution < -0.4 is 9.47 Å². The van der Waals surface area contributed by atoms with Gasteiger partial charge < -0.3 is 9.47 Å². The molecular weight excluding hydrogens is 340 g/mol. The van der Waals surface area contributed by atoms with Gasteiger partial charge in [-0.25, -0.2) is 4.21 Å². The van der Waals surface area contributed by atoms with Crippen molar-refractivity contribution in [2.24, 2.45) is 0 Å². The second kappa shape index (κ2) is 6.64. The number of aryl methyl sites for hydroxylation is 1. The summed E-state index contributed by atoms with van der Waals surface area (Å²) in [5, 5.41) is 0. The Labute approximate surface area is 147 Å². The molecule has 5 nitrogen and oxygen atoms in total. The number of hydrogen-bond donors (Lipinski definition) is 0. The zero-order valence-electron chi connectivity index (χ0n) is 14.0. The van der Waals surface area contributed by atoms with Crippen LogP contribution in [0.3, 0.4) is 0 Å². The van der Waals surface area contributed by atoms with Crippen LogP contribution in [0, 0.1) is 6.92 Å². The van der Waals surface area contributed by atoms with E-state index in [9.17, 15) is 13.8 Å². The normalized spacial score (nSPS) is 14.2. The van der Waals surface area contributed by atoms with E-state index in [0.717, 1.165) is 5.56 Å². The molecule has 0 N–H and O–H groups in total. The third kappa shape index (κ3) is 2.89. The molecule has 0 unspecified atom stereocenters. The number of benzene rings is 2. The Hall–Kier alpha value is -2.73. The van der Waals surface area contributed by atoms with E-state index >= 15 is 0 Å². The average molecular weight is 356 g/mol. The van der Waals surface area contributed by atoms with E-state index in [1.54, 1.807) is 12.1 Å². The van der Waals surface area contributed by atoms with Gasteiger partial charge in [0.25, 0.3) is 0 Å². The minimum Gasteiger partial charge on any atom is -0.496 e. The van der Waals surface area contributed by atoms with Crippen LogP contribution in [0.15, 0.2) is 52.3 Å². The molecule has 0 heterocycles. The Morgan fingerprint density at radius 1 is 0.880 bits per heavy atom. The summed E-state index contributed by atoms with van der Waals surface area (Å²) in [4.78, 5) is 25.4. The number of hydrogen-bond acceptors (Lipinski definition) is 5. The first kappa shape index (κ1) is 17.1. The molecule has 2 aromatic carbocycles. The molecule has 3 rings (SSSR count). The average Bonchev–Trinajstić information content (AvgIpc) is 2.63. The number of fused-ring (bicyclic) bond motifs is 1. The predicted octanol–water partition coefficient (Wildman–Crippen LogP) is 3.11. The highest BCUT2D eigenvalue weighted by Crippen LogP contribution is 2.40. The molecule has 0 saturated heterocycles. The number of methoxy groups -OCH3 is 2. The Kier molecular flexibility index (Phi) is 4.55. The number of carbonyl (C=O) groups excluding carboxylic acids is 2. The van der Waals surface area contributed by atoms with Gasteiger partial charge in [0.2, 0.25) is 0 Å². The van der Waals surface area contributed by atoms with Crippen LogP contribution >= 0.6 is 0 Å².